The van der Waals surface area contributed by atoms with Crippen LogP contribution < -0.4 is 5.32 Å². The van der Waals surface area contributed by atoms with Gasteiger partial charge in [-0.15, -0.1) is 0 Å². The minimum Gasteiger partial charge on any atom is -0.347 e. The Bertz CT molecular complexity index is 406. The molecular weight excluding hydrogens is 152 g/mol. The fraction of sp³-hybridized carbons (Fsp3) is 0. The van der Waals surface area contributed by atoms with Gasteiger partial charge >= 0.3 is 0 Å². The van der Waals surface area contributed by atoms with Crippen molar-refractivity contribution in [2.24, 2.45) is 0 Å². The summed E-state index contributed by atoms with van der Waals surface area (Å²) >= 11 is 0. The van der Waals surface area contributed by atoms with Gasteiger partial charge in [0.05, 0.1) is 0 Å². The van der Waals surface area contributed by atoms with Gasteiger partial charge in [-0.25, -0.2) is 0 Å². The van der Waals surface area contributed by atoms with Crippen LogP contribution in [-0.4, -0.2) is 11.4 Å². The van der Waals surface area contributed by atoms with Crippen molar-refractivity contribution in [3.05, 3.63) is 30.5 Å². The number of carbonyl (C=O) groups excluding carboxylic acids is 1. The zero-order chi connectivity index (χ0) is 8.39. The Morgan fingerprint density at radius 3 is 3.00 bits per heavy atom. The van der Waals surface area contributed by atoms with Crippen LogP contribution in [0.25, 0.3) is 10.8 Å². The van der Waals surface area contributed by atoms with Gasteiger partial charge in [0.2, 0.25) is 6.41 Å². The van der Waals surface area contributed by atoms with Crippen molar-refractivity contribution in [3.8, 4) is 0 Å². The molecule has 0 radical (unpaired) electrons. The third kappa shape index (κ3) is 0.955. The number of benzene rings is 1. The van der Waals surface area contributed by atoms with E-state index in [0.29, 0.717) is 6.41 Å². The predicted octanol–water partition coefficient (Wildman–Crippen LogP) is 1.74. The fourth-order valence-electron chi connectivity index (χ4n) is 1.26. The Balaban J connectivity index is 2.62. The lowest BCUT2D eigenvalue weighted by atomic mass is 10.2. The maximum absolute atomic E-state index is 10.2. The maximum atomic E-state index is 10.2. The van der Waals surface area contributed by atoms with Crippen LogP contribution in [-0.2, 0) is 4.79 Å². The van der Waals surface area contributed by atoms with Crippen molar-refractivity contribution in [1.82, 2.24) is 4.98 Å². The number of aromatic nitrogens is 1. The van der Waals surface area contributed by atoms with Gasteiger partial charge in [0, 0.05) is 17.0 Å². The molecule has 1 aromatic heterocycles. The Morgan fingerprint density at radius 2 is 2.17 bits per heavy atom. The fourth-order valence-corrected chi connectivity index (χ4v) is 1.26. The first-order chi connectivity index (χ1) is 5.92. The minimum atomic E-state index is 0.665. The maximum Gasteiger partial charge on any atom is 0.212 e. The number of amides is 1. The number of H-pyrrole nitrogens is 1. The van der Waals surface area contributed by atoms with E-state index in [4.69, 9.17) is 0 Å². The summed E-state index contributed by atoms with van der Waals surface area (Å²) in [4.78, 5) is 13.2. The van der Waals surface area contributed by atoms with Gasteiger partial charge in [-0.1, -0.05) is 24.3 Å². The predicted molar refractivity (Wildman–Crippen MR) is 48.0 cm³/mol. The molecule has 60 valence electrons. The first-order valence-electron chi connectivity index (χ1n) is 3.68. The zero-order valence-corrected chi connectivity index (χ0v) is 6.37. The molecule has 0 spiro atoms. The number of hydrogen-bond donors (Lipinski definition) is 2. The molecule has 1 heterocycles. The summed E-state index contributed by atoms with van der Waals surface area (Å²) in [6, 6.07) is 7.84. The normalized spacial score (nSPS) is 10.0. The van der Waals surface area contributed by atoms with Gasteiger partial charge in [0.1, 0.15) is 5.82 Å². The quantitative estimate of drug-likeness (QED) is 0.646. The average molecular weight is 160 g/mol. The van der Waals surface area contributed by atoms with E-state index in [2.05, 4.69) is 10.3 Å². The summed E-state index contributed by atoms with van der Waals surface area (Å²) in [7, 11) is 0. The lowest BCUT2D eigenvalue weighted by molar-refractivity contribution is -0.105. The van der Waals surface area contributed by atoms with E-state index < -0.39 is 0 Å². The Morgan fingerprint density at radius 1 is 1.33 bits per heavy atom. The molecule has 1 aromatic carbocycles. The second-order valence-corrected chi connectivity index (χ2v) is 2.51. The van der Waals surface area contributed by atoms with E-state index in [1.54, 1.807) is 0 Å². The smallest absolute Gasteiger partial charge is 0.212 e. The van der Waals surface area contributed by atoms with E-state index >= 15 is 0 Å². The molecule has 0 aliphatic carbocycles. The van der Waals surface area contributed by atoms with Crippen LogP contribution in [0.1, 0.15) is 0 Å². The topological polar surface area (TPSA) is 44.9 Å². The summed E-state index contributed by atoms with van der Waals surface area (Å²) < 4.78 is 0. The number of hydrogen-bond acceptors (Lipinski definition) is 1. The van der Waals surface area contributed by atoms with Crippen LogP contribution in [0.15, 0.2) is 30.5 Å². The van der Waals surface area contributed by atoms with Crippen molar-refractivity contribution in [2.75, 3.05) is 5.32 Å². The van der Waals surface area contributed by atoms with E-state index in [9.17, 15) is 4.79 Å². The van der Waals surface area contributed by atoms with Gasteiger partial charge in [-0.05, 0) is 0 Å². The zero-order valence-electron chi connectivity index (χ0n) is 6.37. The molecule has 3 heteroatoms. The van der Waals surface area contributed by atoms with Crippen LogP contribution in [0.5, 0.6) is 0 Å². The molecule has 0 saturated carbocycles. The van der Waals surface area contributed by atoms with Gasteiger partial charge in [0.15, 0.2) is 0 Å². The van der Waals surface area contributed by atoms with Crippen molar-refractivity contribution in [1.29, 1.82) is 0 Å². The van der Waals surface area contributed by atoms with Gasteiger partial charge in [-0.3, -0.25) is 4.79 Å². The van der Waals surface area contributed by atoms with Gasteiger partial charge in [-0.2, -0.15) is 0 Å². The van der Waals surface area contributed by atoms with Crippen LogP contribution in [0, 0.1) is 0 Å². The molecule has 0 aliphatic rings. The second-order valence-electron chi connectivity index (χ2n) is 2.51. The number of aromatic amines is 1. The van der Waals surface area contributed by atoms with E-state index in [1.807, 2.05) is 30.5 Å². The van der Waals surface area contributed by atoms with E-state index in [0.717, 1.165) is 16.6 Å². The molecule has 0 atom stereocenters. The summed E-state index contributed by atoms with van der Waals surface area (Å²) in [6.45, 7) is 0. The highest BCUT2D eigenvalue weighted by atomic mass is 16.1. The first-order valence-corrected chi connectivity index (χ1v) is 3.68. The van der Waals surface area contributed by atoms with Crippen LogP contribution in [0.2, 0.25) is 0 Å². The highest BCUT2D eigenvalue weighted by Crippen LogP contribution is 2.20. The average Bonchev–Trinajstić information content (AvgIpc) is 2.50. The molecule has 1 amide bonds. The first kappa shape index (κ1) is 6.91. The highest BCUT2D eigenvalue weighted by Gasteiger charge is 1.99. The van der Waals surface area contributed by atoms with Crippen LogP contribution in [0.3, 0.4) is 0 Å². The summed E-state index contributed by atoms with van der Waals surface area (Å²) in [5.74, 6) is 0.751. The van der Waals surface area contributed by atoms with E-state index in [1.165, 1.54) is 0 Å². The van der Waals surface area contributed by atoms with Crippen LogP contribution >= 0.6 is 0 Å². The van der Waals surface area contributed by atoms with Crippen molar-refractivity contribution in [3.63, 3.8) is 0 Å². The third-order valence-corrected chi connectivity index (χ3v) is 1.81. The number of rotatable bonds is 2. The number of nitrogens with one attached hydrogen (secondary N) is 2. The molecule has 0 aliphatic heterocycles. The molecule has 0 fully saturated rings. The van der Waals surface area contributed by atoms with Crippen molar-refractivity contribution >= 4 is 23.0 Å². The van der Waals surface area contributed by atoms with Crippen molar-refractivity contribution in [2.45, 2.75) is 0 Å². The molecule has 2 aromatic rings. The molecule has 12 heavy (non-hydrogen) atoms. The Hall–Kier alpha value is -1.77. The molecule has 0 bridgehead atoms. The van der Waals surface area contributed by atoms with Gasteiger partial charge < -0.3 is 10.3 Å². The molecule has 0 unspecified atom stereocenters. The summed E-state index contributed by atoms with van der Waals surface area (Å²) in [6.07, 6.45) is 2.53. The largest absolute Gasteiger partial charge is 0.347 e. The van der Waals surface area contributed by atoms with Crippen LogP contribution in [0.4, 0.5) is 5.82 Å². The highest BCUT2D eigenvalue weighted by molar-refractivity contribution is 5.96. The molecule has 3 nitrogen and oxygen atoms in total. The third-order valence-electron chi connectivity index (χ3n) is 1.81. The SMILES string of the molecule is O=CNc1[nH]cc2ccccc12. The monoisotopic (exact) mass is 160 g/mol. The molecule has 0 saturated heterocycles. The van der Waals surface area contributed by atoms with E-state index in [-0.39, 0.29) is 0 Å². The Labute approximate surface area is 69.4 Å². The number of fused-ring (bicyclic) bond motifs is 1. The van der Waals surface area contributed by atoms with Gasteiger partial charge in [0.25, 0.3) is 0 Å². The second kappa shape index (κ2) is 2.70. The number of carbonyl (C=O) groups is 1. The molecule has 2 rings (SSSR count). The summed E-state index contributed by atoms with van der Waals surface area (Å²) in [5.41, 5.74) is 0. The Kier molecular flexibility index (Phi) is 1.55. The minimum absolute atomic E-state index is 0.665. The standard InChI is InChI=1S/C9H8N2O/c12-6-11-9-8-4-2-1-3-7(8)5-10-9/h1-6,10H,(H,11,12). The lowest BCUT2D eigenvalue weighted by Gasteiger charge is -1.93. The lowest BCUT2D eigenvalue weighted by Crippen LogP contribution is -1.93. The number of anilines is 1. The molecule has 2 N–H and O–H groups in total. The summed E-state index contributed by atoms with van der Waals surface area (Å²) in [5, 5.41) is 4.73. The molecular formula is C9H8N2O. The van der Waals surface area contributed by atoms with Crippen molar-refractivity contribution < 1.29 is 4.79 Å².